The van der Waals surface area contributed by atoms with E-state index in [9.17, 15) is 4.79 Å². The third-order valence-electron chi connectivity index (χ3n) is 6.51. The fourth-order valence-electron chi connectivity index (χ4n) is 4.79. The van der Waals surface area contributed by atoms with Crippen molar-refractivity contribution in [1.29, 1.82) is 0 Å². The van der Waals surface area contributed by atoms with Gasteiger partial charge in [0.1, 0.15) is 5.82 Å². The molecule has 0 unspecified atom stereocenters. The van der Waals surface area contributed by atoms with E-state index in [2.05, 4.69) is 21.2 Å². The molecule has 5 rings (SSSR count). The minimum atomic E-state index is -0.0179. The summed E-state index contributed by atoms with van der Waals surface area (Å²) in [6.07, 6.45) is 0.918. The van der Waals surface area contributed by atoms with Crippen molar-refractivity contribution in [2.45, 2.75) is 25.4 Å². The zero-order chi connectivity index (χ0) is 21.4. The van der Waals surface area contributed by atoms with Crippen LogP contribution in [0.2, 0.25) is 5.02 Å². The second-order valence-electron chi connectivity index (χ2n) is 8.54. The molecule has 7 nitrogen and oxygen atoms in total. The van der Waals surface area contributed by atoms with Crippen molar-refractivity contribution in [1.82, 2.24) is 24.9 Å². The van der Waals surface area contributed by atoms with Gasteiger partial charge in [0.25, 0.3) is 0 Å². The van der Waals surface area contributed by atoms with Crippen LogP contribution >= 0.6 is 60.6 Å². The molecule has 34 heavy (non-hydrogen) atoms. The third-order valence-corrected chi connectivity index (χ3v) is 7.73. The number of carbonyl (C=O) groups excluding carboxylic acids is 1. The first-order chi connectivity index (χ1) is 15.1. The Morgan fingerprint density at radius 2 is 1.79 bits per heavy atom. The Morgan fingerprint density at radius 3 is 2.44 bits per heavy atom. The molecule has 2 atom stereocenters. The molecule has 0 radical (unpaired) electrons. The molecule has 12 heteroatoms. The average molecular weight is 570 g/mol. The lowest BCUT2D eigenvalue weighted by Crippen LogP contribution is -2.51. The molecule has 190 valence electrons. The fraction of sp³-hybridized carbons (Fsp3) is 0.545. The van der Waals surface area contributed by atoms with Crippen LogP contribution in [-0.4, -0.2) is 88.5 Å². The summed E-state index contributed by atoms with van der Waals surface area (Å²) in [7, 11) is 0. The van der Waals surface area contributed by atoms with Crippen molar-refractivity contribution in [2.24, 2.45) is 0 Å². The number of hydrogen-bond acceptors (Lipinski definition) is 6. The molecule has 0 bridgehead atoms. The second kappa shape index (κ2) is 12.9. The van der Waals surface area contributed by atoms with Gasteiger partial charge in [0.05, 0.1) is 23.3 Å². The van der Waals surface area contributed by atoms with Gasteiger partial charge in [-0.1, -0.05) is 11.6 Å². The lowest BCUT2D eigenvalue weighted by molar-refractivity contribution is -0.131. The molecule has 3 aliphatic rings. The van der Waals surface area contributed by atoms with E-state index in [0.29, 0.717) is 6.04 Å². The summed E-state index contributed by atoms with van der Waals surface area (Å²) in [5.74, 6) is 3.33. The van der Waals surface area contributed by atoms with Crippen LogP contribution in [0.15, 0.2) is 30.3 Å². The Hall–Kier alpha value is -0.870. The summed E-state index contributed by atoms with van der Waals surface area (Å²) in [4.78, 5) is 19.7. The molecule has 0 saturated carbocycles. The van der Waals surface area contributed by atoms with Crippen molar-refractivity contribution >= 4 is 72.3 Å². The average Bonchev–Trinajstić information content (AvgIpc) is 3.55. The Labute approximate surface area is 229 Å². The highest BCUT2D eigenvalue weighted by Crippen LogP contribution is 2.25. The van der Waals surface area contributed by atoms with Gasteiger partial charge in [-0.3, -0.25) is 9.69 Å². The number of amides is 1. The summed E-state index contributed by atoms with van der Waals surface area (Å²) in [6.45, 7) is 7.74. The quantitative estimate of drug-likeness (QED) is 0.608. The number of rotatable bonds is 4. The predicted octanol–water partition coefficient (Wildman–Crippen LogP) is 3.48. The number of benzene rings is 1. The topological polar surface area (TPSA) is 56.6 Å². The van der Waals surface area contributed by atoms with E-state index < -0.39 is 0 Å². The first-order valence-electron chi connectivity index (χ1n) is 11.0. The predicted molar refractivity (Wildman–Crippen MR) is 148 cm³/mol. The van der Waals surface area contributed by atoms with Gasteiger partial charge in [0.2, 0.25) is 5.91 Å². The Bertz CT molecular complexity index is 932. The molecule has 1 N–H and O–H groups in total. The maximum atomic E-state index is 12.7. The van der Waals surface area contributed by atoms with Crippen molar-refractivity contribution in [3.8, 4) is 5.69 Å². The van der Waals surface area contributed by atoms with Crippen LogP contribution in [0.1, 0.15) is 12.1 Å². The van der Waals surface area contributed by atoms with E-state index in [1.54, 1.807) is 0 Å². The molecule has 0 aliphatic carbocycles. The molecule has 3 saturated heterocycles. The van der Waals surface area contributed by atoms with Gasteiger partial charge >= 0.3 is 0 Å². The molecule has 0 spiro atoms. The van der Waals surface area contributed by atoms with Crippen molar-refractivity contribution in [3.05, 3.63) is 41.0 Å². The van der Waals surface area contributed by atoms with Gasteiger partial charge < -0.3 is 15.1 Å². The molecule has 2 aromatic rings. The summed E-state index contributed by atoms with van der Waals surface area (Å²) in [6, 6.07) is 10.4. The SMILES string of the molecule is Cc1cc(N2CCN([C@@H]3CN[C@H](C(=O)N4CCSC4)C3)CC2)n(-c2ccc(Cl)cc2)n1.Cl.Cl.Cl. The van der Waals surface area contributed by atoms with E-state index in [0.717, 1.165) is 79.5 Å². The first-order valence-corrected chi connectivity index (χ1v) is 12.5. The van der Waals surface area contributed by atoms with Gasteiger partial charge in [-0.05, 0) is 37.6 Å². The van der Waals surface area contributed by atoms with E-state index in [1.165, 1.54) is 0 Å². The highest BCUT2D eigenvalue weighted by molar-refractivity contribution is 7.99. The number of nitrogens with one attached hydrogen (secondary N) is 1. The largest absolute Gasteiger partial charge is 0.354 e. The van der Waals surface area contributed by atoms with Crippen LogP contribution in [0.4, 0.5) is 5.82 Å². The smallest absolute Gasteiger partial charge is 0.240 e. The molecule has 1 amide bonds. The Balaban J connectivity index is 0.00000136. The molecular weight excluding hydrogens is 538 g/mol. The maximum absolute atomic E-state index is 12.7. The lowest BCUT2D eigenvalue weighted by atomic mass is 10.1. The molecule has 3 aliphatic heterocycles. The van der Waals surface area contributed by atoms with Crippen molar-refractivity contribution < 1.29 is 4.79 Å². The number of aromatic nitrogens is 2. The van der Waals surface area contributed by atoms with Gasteiger partial charge in [-0.2, -0.15) is 5.10 Å². The molecule has 1 aromatic heterocycles. The fourth-order valence-corrected chi connectivity index (χ4v) is 5.87. The van der Waals surface area contributed by atoms with Crippen LogP contribution in [0.5, 0.6) is 0 Å². The van der Waals surface area contributed by atoms with Crippen molar-refractivity contribution in [3.63, 3.8) is 0 Å². The van der Waals surface area contributed by atoms with Gasteiger partial charge in [-0.15, -0.1) is 49.0 Å². The molecule has 3 fully saturated rings. The number of anilines is 1. The molecule has 4 heterocycles. The molecule has 1 aromatic carbocycles. The van der Waals surface area contributed by atoms with Crippen LogP contribution in [-0.2, 0) is 4.79 Å². The standard InChI is InChI=1S/C22H29ClN6OS.3ClH/c1-16-12-21(29(25-16)18-4-2-17(23)3-5-18)27-8-6-26(7-9-27)19-13-20(24-14-19)22(30)28-10-11-31-15-28;;;/h2-5,12,19-20,24H,6-11,13-15H2,1H3;3*1H/t19-,20-;;;/m0.../s1. The first kappa shape index (κ1) is 29.4. The summed E-state index contributed by atoms with van der Waals surface area (Å²) in [5, 5.41) is 8.92. The van der Waals surface area contributed by atoms with Gasteiger partial charge in [-0.25, -0.2) is 4.68 Å². The number of hydrogen-bond donors (Lipinski definition) is 1. The minimum absolute atomic E-state index is 0. The van der Waals surface area contributed by atoms with Crippen molar-refractivity contribution in [2.75, 3.05) is 55.8 Å². The number of halogens is 4. The lowest BCUT2D eigenvalue weighted by Gasteiger charge is -2.38. The summed E-state index contributed by atoms with van der Waals surface area (Å²) >= 11 is 7.91. The molecular formula is C22H32Cl4N6OS. The van der Waals surface area contributed by atoms with E-state index in [1.807, 2.05) is 52.5 Å². The Kier molecular flexibility index (Phi) is 11.1. The number of piperazine rings is 1. The number of aryl methyl sites for hydroxylation is 1. The number of nitrogens with zero attached hydrogens (tertiary/aromatic N) is 5. The third kappa shape index (κ3) is 6.27. The van der Waals surface area contributed by atoms with Crippen LogP contribution in [0, 0.1) is 6.92 Å². The van der Waals surface area contributed by atoms with Gasteiger partial charge in [0, 0.05) is 62.2 Å². The zero-order valence-electron chi connectivity index (χ0n) is 19.1. The monoisotopic (exact) mass is 568 g/mol. The zero-order valence-corrected chi connectivity index (χ0v) is 23.1. The van der Waals surface area contributed by atoms with Crippen LogP contribution < -0.4 is 10.2 Å². The van der Waals surface area contributed by atoms with E-state index in [4.69, 9.17) is 16.7 Å². The van der Waals surface area contributed by atoms with Gasteiger partial charge in [0.15, 0.2) is 0 Å². The van der Waals surface area contributed by atoms with E-state index >= 15 is 0 Å². The van der Waals surface area contributed by atoms with E-state index in [-0.39, 0.29) is 49.2 Å². The number of carbonyl (C=O) groups is 1. The van der Waals surface area contributed by atoms with Crippen LogP contribution in [0.25, 0.3) is 5.69 Å². The maximum Gasteiger partial charge on any atom is 0.240 e. The second-order valence-corrected chi connectivity index (χ2v) is 10.1. The number of thioether (sulfide) groups is 1. The highest BCUT2D eigenvalue weighted by atomic mass is 35.5. The Morgan fingerprint density at radius 1 is 1.09 bits per heavy atom. The van der Waals surface area contributed by atoms with Crippen LogP contribution in [0.3, 0.4) is 0 Å². The minimum Gasteiger partial charge on any atom is -0.354 e. The highest BCUT2D eigenvalue weighted by Gasteiger charge is 2.36. The summed E-state index contributed by atoms with van der Waals surface area (Å²) in [5.41, 5.74) is 2.03. The normalized spacial score (nSPS) is 22.6. The summed E-state index contributed by atoms with van der Waals surface area (Å²) < 4.78 is 2.02.